The minimum Gasteiger partial charge on any atom is -0.490 e. The average Bonchev–Trinajstić information content (AvgIpc) is 2.97. The SMILES string of the molecule is O=C(NCC#Cc1ccc2nccc(OCC3CCCCO3)c2c1)c1cccn(Cc2ccc(F)c(F)c2)c1=O. The van der Waals surface area contributed by atoms with Crippen LogP contribution in [0.15, 0.2) is 71.8 Å². The normalized spacial score (nSPS) is 14.8. The Morgan fingerprint density at radius 2 is 2.02 bits per heavy atom. The van der Waals surface area contributed by atoms with Crippen LogP contribution in [-0.2, 0) is 11.3 Å². The molecule has 1 N–H and O–H groups in total. The number of amides is 1. The van der Waals surface area contributed by atoms with Crippen LogP contribution in [0.1, 0.15) is 40.7 Å². The Labute approximate surface area is 229 Å². The van der Waals surface area contributed by atoms with Gasteiger partial charge >= 0.3 is 0 Å². The average molecular weight is 544 g/mol. The lowest BCUT2D eigenvalue weighted by molar-refractivity contribution is -0.0107. The fourth-order valence-corrected chi connectivity index (χ4v) is 4.48. The highest BCUT2D eigenvalue weighted by molar-refractivity contribution is 5.94. The molecule has 1 aliphatic rings. The molecule has 0 radical (unpaired) electrons. The Hall–Kier alpha value is -4.55. The van der Waals surface area contributed by atoms with Crippen LogP contribution in [0.2, 0.25) is 0 Å². The van der Waals surface area contributed by atoms with Gasteiger partial charge in [0.15, 0.2) is 11.6 Å². The van der Waals surface area contributed by atoms with Crippen LogP contribution < -0.4 is 15.6 Å². The maximum absolute atomic E-state index is 13.5. The molecule has 1 amide bonds. The van der Waals surface area contributed by atoms with Gasteiger partial charge in [-0.25, -0.2) is 8.78 Å². The smallest absolute Gasteiger partial charge is 0.263 e. The van der Waals surface area contributed by atoms with Crippen LogP contribution in [0.5, 0.6) is 5.75 Å². The zero-order valence-corrected chi connectivity index (χ0v) is 21.7. The number of aromatic nitrogens is 2. The van der Waals surface area contributed by atoms with Crippen LogP contribution in [0.3, 0.4) is 0 Å². The van der Waals surface area contributed by atoms with Crippen molar-refractivity contribution in [2.75, 3.05) is 19.8 Å². The van der Waals surface area contributed by atoms with Crippen molar-refractivity contribution in [3.8, 4) is 17.6 Å². The molecule has 3 heterocycles. The number of carbonyl (C=O) groups excluding carboxylic acids is 1. The molecule has 204 valence electrons. The largest absolute Gasteiger partial charge is 0.490 e. The van der Waals surface area contributed by atoms with E-state index in [9.17, 15) is 18.4 Å². The molecule has 0 aliphatic carbocycles. The number of hydrogen-bond acceptors (Lipinski definition) is 5. The molecule has 0 spiro atoms. The molecule has 1 atom stereocenters. The summed E-state index contributed by atoms with van der Waals surface area (Å²) < 4.78 is 39.8. The molecule has 0 bridgehead atoms. The quantitative estimate of drug-likeness (QED) is 0.349. The molecule has 9 heteroatoms. The predicted molar refractivity (Wildman–Crippen MR) is 146 cm³/mol. The standard InChI is InChI=1S/C31H27F2N3O4/c32-26-10-8-22(18-27(26)33)19-36-15-4-7-24(31(36)38)30(37)35-13-3-5-21-9-11-28-25(17-21)29(12-14-34-28)40-20-23-6-1-2-16-39-23/h4,7-12,14-15,17-18,23H,1-2,6,13,16,19-20H2,(H,35,37). The summed E-state index contributed by atoms with van der Waals surface area (Å²) in [7, 11) is 0. The molecule has 1 unspecified atom stereocenters. The lowest BCUT2D eigenvalue weighted by Gasteiger charge is -2.22. The molecule has 1 saturated heterocycles. The van der Waals surface area contributed by atoms with Crippen LogP contribution in [0, 0.1) is 23.5 Å². The van der Waals surface area contributed by atoms with Crippen molar-refractivity contribution in [2.24, 2.45) is 0 Å². The first-order valence-electron chi connectivity index (χ1n) is 13.0. The molecule has 0 saturated carbocycles. The zero-order valence-electron chi connectivity index (χ0n) is 21.7. The van der Waals surface area contributed by atoms with Gasteiger partial charge in [-0.3, -0.25) is 14.6 Å². The lowest BCUT2D eigenvalue weighted by atomic mass is 10.1. The summed E-state index contributed by atoms with van der Waals surface area (Å²) in [6.45, 7) is 1.25. The maximum atomic E-state index is 13.5. The van der Waals surface area contributed by atoms with E-state index in [-0.39, 0.29) is 24.8 Å². The Morgan fingerprint density at radius 1 is 1.12 bits per heavy atom. The fraction of sp³-hybridized carbons (Fsp3) is 0.258. The molecular formula is C31H27F2N3O4. The third-order valence-corrected chi connectivity index (χ3v) is 6.57. The van der Waals surface area contributed by atoms with Crippen molar-refractivity contribution < 1.29 is 23.0 Å². The molecule has 1 aliphatic heterocycles. The number of hydrogen-bond donors (Lipinski definition) is 1. The van der Waals surface area contributed by atoms with Crippen molar-refractivity contribution in [3.63, 3.8) is 0 Å². The summed E-state index contributed by atoms with van der Waals surface area (Å²) in [6, 6.07) is 13.8. The Balaban J connectivity index is 1.23. The third kappa shape index (κ3) is 6.53. The van der Waals surface area contributed by atoms with Gasteiger partial charge in [-0.1, -0.05) is 17.9 Å². The van der Waals surface area contributed by atoms with Gasteiger partial charge in [0, 0.05) is 30.0 Å². The highest BCUT2D eigenvalue weighted by Crippen LogP contribution is 2.26. The first kappa shape index (κ1) is 27.0. The van der Waals surface area contributed by atoms with E-state index in [1.807, 2.05) is 24.3 Å². The zero-order chi connectivity index (χ0) is 27.9. The van der Waals surface area contributed by atoms with Crippen LogP contribution in [0.4, 0.5) is 8.78 Å². The van der Waals surface area contributed by atoms with Gasteiger partial charge in [-0.15, -0.1) is 0 Å². The van der Waals surface area contributed by atoms with E-state index in [0.29, 0.717) is 17.9 Å². The Bertz CT molecular complexity index is 1650. The summed E-state index contributed by atoms with van der Waals surface area (Å²) >= 11 is 0. The highest BCUT2D eigenvalue weighted by Gasteiger charge is 2.15. The number of pyridine rings is 2. The van der Waals surface area contributed by atoms with Gasteiger partial charge in [0.1, 0.15) is 17.9 Å². The summed E-state index contributed by atoms with van der Waals surface area (Å²) in [4.78, 5) is 29.9. The minimum absolute atomic E-state index is 0.00678. The fourth-order valence-electron chi connectivity index (χ4n) is 4.48. The topological polar surface area (TPSA) is 82.4 Å². The van der Waals surface area contributed by atoms with Crippen LogP contribution >= 0.6 is 0 Å². The summed E-state index contributed by atoms with van der Waals surface area (Å²) in [5, 5.41) is 3.47. The van der Waals surface area contributed by atoms with Gasteiger partial charge in [0.2, 0.25) is 0 Å². The number of carbonyl (C=O) groups is 1. The van der Waals surface area contributed by atoms with Crippen molar-refractivity contribution >= 4 is 16.8 Å². The molecule has 7 nitrogen and oxygen atoms in total. The number of nitrogens with one attached hydrogen (secondary N) is 1. The van der Waals surface area contributed by atoms with E-state index >= 15 is 0 Å². The molecule has 5 rings (SSSR count). The monoisotopic (exact) mass is 543 g/mol. The number of ether oxygens (including phenoxy) is 2. The summed E-state index contributed by atoms with van der Waals surface area (Å²) in [5.41, 5.74) is 1.27. The van der Waals surface area contributed by atoms with Gasteiger partial charge < -0.3 is 19.4 Å². The van der Waals surface area contributed by atoms with Gasteiger partial charge in [0.05, 0.1) is 24.7 Å². The van der Waals surface area contributed by atoms with Gasteiger partial charge in [-0.05, 0) is 73.4 Å². The van der Waals surface area contributed by atoms with E-state index < -0.39 is 23.1 Å². The highest BCUT2D eigenvalue weighted by atomic mass is 19.2. The van der Waals surface area contributed by atoms with E-state index in [1.165, 1.54) is 22.9 Å². The molecule has 4 aromatic rings. The summed E-state index contributed by atoms with van der Waals surface area (Å²) in [6.07, 6.45) is 6.48. The van der Waals surface area contributed by atoms with E-state index in [0.717, 1.165) is 54.5 Å². The van der Waals surface area contributed by atoms with E-state index in [4.69, 9.17) is 9.47 Å². The number of benzene rings is 2. The van der Waals surface area contributed by atoms with Gasteiger partial charge in [-0.2, -0.15) is 0 Å². The molecular weight excluding hydrogens is 516 g/mol. The Kier molecular flexibility index (Phi) is 8.47. The van der Waals surface area contributed by atoms with Crippen molar-refractivity contribution in [1.29, 1.82) is 0 Å². The van der Waals surface area contributed by atoms with Crippen LogP contribution in [-0.4, -0.2) is 41.3 Å². The molecule has 2 aromatic heterocycles. The van der Waals surface area contributed by atoms with E-state index in [1.54, 1.807) is 12.3 Å². The second-order valence-electron chi connectivity index (χ2n) is 9.43. The third-order valence-electron chi connectivity index (χ3n) is 6.57. The Morgan fingerprint density at radius 3 is 2.85 bits per heavy atom. The number of halogens is 2. The first-order valence-corrected chi connectivity index (χ1v) is 13.0. The number of nitrogens with zero attached hydrogens (tertiary/aromatic N) is 2. The second-order valence-corrected chi connectivity index (χ2v) is 9.43. The van der Waals surface area contributed by atoms with Crippen molar-refractivity contribution in [2.45, 2.75) is 31.9 Å². The predicted octanol–water partition coefficient (Wildman–Crippen LogP) is 4.45. The summed E-state index contributed by atoms with van der Waals surface area (Å²) in [5.74, 6) is 4.09. The molecule has 2 aromatic carbocycles. The maximum Gasteiger partial charge on any atom is 0.263 e. The first-order chi connectivity index (χ1) is 19.5. The van der Waals surface area contributed by atoms with Crippen molar-refractivity contribution in [3.05, 3.63) is 106 Å². The number of fused-ring (bicyclic) bond motifs is 1. The van der Waals surface area contributed by atoms with Gasteiger partial charge in [0.25, 0.3) is 11.5 Å². The van der Waals surface area contributed by atoms with E-state index in [2.05, 4.69) is 22.1 Å². The van der Waals surface area contributed by atoms with Crippen LogP contribution in [0.25, 0.3) is 10.9 Å². The molecule has 40 heavy (non-hydrogen) atoms. The lowest BCUT2D eigenvalue weighted by Crippen LogP contribution is -2.33. The van der Waals surface area contributed by atoms with Crippen molar-refractivity contribution in [1.82, 2.24) is 14.9 Å². The second kappa shape index (κ2) is 12.5. The number of rotatable bonds is 7. The molecule has 1 fully saturated rings. The minimum atomic E-state index is -1.00.